The van der Waals surface area contributed by atoms with Crippen LogP contribution in [-0.4, -0.2) is 55.2 Å². The van der Waals surface area contributed by atoms with E-state index in [1.54, 1.807) is 18.3 Å². The van der Waals surface area contributed by atoms with Crippen LogP contribution in [0.2, 0.25) is 0 Å². The van der Waals surface area contributed by atoms with E-state index in [-0.39, 0.29) is 11.6 Å². The lowest BCUT2D eigenvalue weighted by Crippen LogP contribution is -2.44. The Morgan fingerprint density at radius 1 is 0.943 bits per heavy atom. The lowest BCUT2D eigenvalue weighted by molar-refractivity contribution is 0.0957. The van der Waals surface area contributed by atoms with Crippen LogP contribution in [0, 0.1) is 11.6 Å². The Hall–Kier alpha value is -3.98. The van der Waals surface area contributed by atoms with Crippen molar-refractivity contribution in [2.75, 3.05) is 44.2 Å². The van der Waals surface area contributed by atoms with Gasteiger partial charge in [-0.25, -0.2) is 13.8 Å². The maximum absolute atomic E-state index is 14.7. The summed E-state index contributed by atoms with van der Waals surface area (Å²) in [6.07, 6.45) is 3.50. The van der Waals surface area contributed by atoms with E-state index < -0.39 is 11.6 Å². The average Bonchev–Trinajstić information content (AvgIpc) is 3.22. The van der Waals surface area contributed by atoms with E-state index in [1.165, 1.54) is 6.07 Å². The molecule has 6 rings (SSSR count). The average molecular weight is 475 g/mol. The molecule has 1 fully saturated rings. The van der Waals surface area contributed by atoms with Gasteiger partial charge in [0.25, 0.3) is 5.91 Å². The molecule has 9 heteroatoms. The Morgan fingerprint density at radius 2 is 1.80 bits per heavy atom. The van der Waals surface area contributed by atoms with Gasteiger partial charge in [-0.3, -0.25) is 4.79 Å². The summed E-state index contributed by atoms with van der Waals surface area (Å²) in [6.45, 7) is 3.50. The second-order valence-corrected chi connectivity index (χ2v) is 8.67. The SMILES string of the molecule is O=C1NCCOc2cc(-c3c[nH]c4ncc(-c5cc(F)c(F)c(N6CCNCC6)c5)cc34)ccc21. The van der Waals surface area contributed by atoms with Gasteiger partial charge in [-0.2, -0.15) is 0 Å². The lowest BCUT2D eigenvalue weighted by atomic mass is 10.00. The number of anilines is 1. The van der Waals surface area contributed by atoms with Gasteiger partial charge in [0, 0.05) is 55.1 Å². The van der Waals surface area contributed by atoms with Gasteiger partial charge in [-0.05, 0) is 41.5 Å². The van der Waals surface area contributed by atoms with Crippen molar-refractivity contribution in [2.24, 2.45) is 0 Å². The summed E-state index contributed by atoms with van der Waals surface area (Å²) < 4.78 is 35.0. The molecule has 0 saturated carbocycles. The van der Waals surface area contributed by atoms with Crippen molar-refractivity contribution < 1.29 is 18.3 Å². The van der Waals surface area contributed by atoms with Crippen LogP contribution in [0.4, 0.5) is 14.5 Å². The monoisotopic (exact) mass is 475 g/mol. The van der Waals surface area contributed by atoms with E-state index in [9.17, 15) is 13.6 Å². The largest absolute Gasteiger partial charge is 0.491 e. The second-order valence-electron chi connectivity index (χ2n) is 8.67. The van der Waals surface area contributed by atoms with Gasteiger partial charge in [0.2, 0.25) is 0 Å². The van der Waals surface area contributed by atoms with Crippen molar-refractivity contribution in [3.05, 3.63) is 66.0 Å². The minimum Gasteiger partial charge on any atom is -0.491 e. The number of rotatable bonds is 3. The van der Waals surface area contributed by atoms with Crippen LogP contribution in [-0.2, 0) is 0 Å². The van der Waals surface area contributed by atoms with Gasteiger partial charge >= 0.3 is 0 Å². The smallest absolute Gasteiger partial charge is 0.255 e. The minimum absolute atomic E-state index is 0.162. The Balaban J connectivity index is 1.42. The molecule has 0 aliphatic carbocycles. The summed E-state index contributed by atoms with van der Waals surface area (Å²) in [7, 11) is 0. The first-order chi connectivity index (χ1) is 17.1. The Bertz CT molecular complexity index is 1450. The molecule has 0 spiro atoms. The number of hydrogen-bond donors (Lipinski definition) is 3. The molecule has 2 aliphatic rings. The Kier molecular flexibility index (Phi) is 5.33. The standard InChI is InChI=1S/C26H23F2N5O2/c27-21-10-16(11-22(24(21)28)33-6-3-29-4-7-33)17-9-19-20(14-32-25(19)31-13-17)15-1-2-18-23(12-15)35-8-5-30-26(18)34/h1-2,9-14,29H,3-8H2,(H,30,34)(H,31,32). The quantitative estimate of drug-likeness (QED) is 0.421. The number of H-pyrrole nitrogens is 1. The number of halogens is 2. The fourth-order valence-electron chi connectivity index (χ4n) is 4.69. The van der Waals surface area contributed by atoms with Crippen LogP contribution < -0.4 is 20.3 Å². The summed E-state index contributed by atoms with van der Waals surface area (Å²) >= 11 is 0. The van der Waals surface area contributed by atoms with Crippen LogP contribution in [0.15, 0.2) is 48.8 Å². The highest BCUT2D eigenvalue weighted by Gasteiger charge is 2.21. The predicted molar refractivity (Wildman–Crippen MR) is 130 cm³/mol. The molecule has 178 valence electrons. The lowest BCUT2D eigenvalue weighted by Gasteiger charge is -2.30. The summed E-state index contributed by atoms with van der Waals surface area (Å²) in [5.74, 6) is -1.35. The number of pyridine rings is 1. The number of ether oxygens (including phenoxy) is 1. The summed E-state index contributed by atoms with van der Waals surface area (Å²) in [5, 5.41) is 6.86. The van der Waals surface area contributed by atoms with Crippen molar-refractivity contribution in [3.8, 4) is 28.0 Å². The highest BCUT2D eigenvalue weighted by atomic mass is 19.2. The summed E-state index contributed by atoms with van der Waals surface area (Å²) in [6, 6.07) is 10.3. The highest BCUT2D eigenvalue weighted by molar-refractivity contribution is 6.00. The fraction of sp³-hybridized carbons (Fsp3) is 0.231. The molecule has 3 N–H and O–H groups in total. The summed E-state index contributed by atoms with van der Waals surface area (Å²) in [4.78, 5) is 21.8. The van der Waals surface area contributed by atoms with Gasteiger partial charge < -0.3 is 25.3 Å². The zero-order valence-electron chi connectivity index (χ0n) is 18.8. The molecular formula is C26H23F2N5O2. The highest BCUT2D eigenvalue weighted by Crippen LogP contribution is 2.36. The number of benzene rings is 2. The Labute approximate surface area is 200 Å². The number of piperazine rings is 1. The Morgan fingerprint density at radius 3 is 2.66 bits per heavy atom. The number of carbonyl (C=O) groups excluding carboxylic acids is 1. The van der Waals surface area contributed by atoms with E-state index in [1.807, 2.05) is 29.3 Å². The van der Waals surface area contributed by atoms with Gasteiger partial charge in [-0.1, -0.05) is 6.07 Å². The van der Waals surface area contributed by atoms with Crippen molar-refractivity contribution in [3.63, 3.8) is 0 Å². The maximum Gasteiger partial charge on any atom is 0.255 e. The molecule has 4 heterocycles. The van der Waals surface area contributed by atoms with E-state index in [2.05, 4.69) is 20.6 Å². The molecule has 1 saturated heterocycles. The normalized spacial score (nSPS) is 15.9. The van der Waals surface area contributed by atoms with Gasteiger partial charge in [0.1, 0.15) is 18.0 Å². The first-order valence-electron chi connectivity index (χ1n) is 11.6. The minimum atomic E-state index is -0.883. The number of carbonyl (C=O) groups is 1. The van der Waals surface area contributed by atoms with Crippen LogP contribution >= 0.6 is 0 Å². The molecule has 0 bridgehead atoms. The van der Waals surface area contributed by atoms with Crippen LogP contribution in [0.5, 0.6) is 5.75 Å². The number of hydrogen-bond acceptors (Lipinski definition) is 5. The number of amides is 1. The van der Waals surface area contributed by atoms with Gasteiger partial charge in [0.05, 0.1) is 17.8 Å². The number of aromatic nitrogens is 2. The number of nitrogens with one attached hydrogen (secondary N) is 3. The molecule has 0 atom stereocenters. The molecule has 0 radical (unpaired) electrons. The van der Waals surface area contributed by atoms with Gasteiger partial charge in [-0.15, -0.1) is 0 Å². The van der Waals surface area contributed by atoms with Crippen molar-refractivity contribution in [2.45, 2.75) is 0 Å². The molecule has 1 amide bonds. The molecule has 0 unspecified atom stereocenters. The van der Waals surface area contributed by atoms with Crippen LogP contribution in [0.3, 0.4) is 0 Å². The first kappa shape index (κ1) is 21.5. The number of aromatic amines is 1. The third-order valence-electron chi connectivity index (χ3n) is 6.51. The number of nitrogens with zero attached hydrogens (tertiary/aromatic N) is 2. The number of fused-ring (bicyclic) bond motifs is 2. The van der Waals surface area contributed by atoms with E-state index in [0.29, 0.717) is 54.3 Å². The van der Waals surface area contributed by atoms with Crippen molar-refractivity contribution in [1.29, 1.82) is 0 Å². The van der Waals surface area contributed by atoms with Crippen LogP contribution in [0.1, 0.15) is 10.4 Å². The van der Waals surface area contributed by atoms with Crippen molar-refractivity contribution >= 4 is 22.6 Å². The predicted octanol–water partition coefficient (Wildman–Crippen LogP) is 3.71. The topological polar surface area (TPSA) is 82.3 Å². The molecule has 2 aromatic carbocycles. The van der Waals surface area contributed by atoms with E-state index in [4.69, 9.17) is 4.74 Å². The third kappa shape index (κ3) is 3.87. The molecule has 4 aromatic rings. The molecule has 7 nitrogen and oxygen atoms in total. The second kappa shape index (κ2) is 8.66. The first-order valence-corrected chi connectivity index (χ1v) is 11.6. The molecule has 2 aliphatic heterocycles. The molecule has 2 aromatic heterocycles. The molecular weight excluding hydrogens is 452 g/mol. The van der Waals surface area contributed by atoms with E-state index in [0.717, 1.165) is 29.6 Å². The zero-order valence-corrected chi connectivity index (χ0v) is 18.8. The van der Waals surface area contributed by atoms with Crippen LogP contribution in [0.25, 0.3) is 33.3 Å². The molecule has 35 heavy (non-hydrogen) atoms. The summed E-state index contributed by atoms with van der Waals surface area (Å²) in [5.41, 5.74) is 4.39. The van der Waals surface area contributed by atoms with Gasteiger partial charge in [0.15, 0.2) is 11.6 Å². The van der Waals surface area contributed by atoms with E-state index >= 15 is 0 Å². The fourth-order valence-corrected chi connectivity index (χ4v) is 4.69. The zero-order chi connectivity index (χ0) is 23.9. The maximum atomic E-state index is 14.7. The third-order valence-corrected chi connectivity index (χ3v) is 6.51. The van der Waals surface area contributed by atoms with Crippen molar-refractivity contribution in [1.82, 2.24) is 20.6 Å².